The van der Waals surface area contributed by atoms with Crippen molar-refractivity contribution in [1.82, 2.24) is 5.32 Å². The molecule has 0 saturated carbocycles. The standard InChI is InChI=1S/C8H15N3/c1-5-10-7(3)8(9-4)11-6-2/h5H,3,6H2,1-2,4H3,(H,9,11). The zero-order chi connectivity index (χ0) is 8.69. The molecule has 62 valence electrons. The van der Waals surface area contributed by atoms with Crippen LogP contribution in [-0.2, 0) is 0 Å². The molecule has 3 nitrogen and oxygen atoms in total. The van der Waals surface area contributed by atoms with E-state index in [2.05, 4.69) is 21.9 Å². The van der Waals surface area contributed by atoms with Crippen molar-refractivity contribution in [1.29, 1.82) is 0 Å². The third kappa shape index (κ3) is 3.55. The second-order valence-electron chi connectivity index (χ2n) is 1.94. The van der Waals surface area contributed by atoms with Crippen molar-refractivity contribution in [2.75, 3.05) is 13.6 Å². The van der Waals surface area contributed by atoms with E-state index >= 15 is 0 Å². The summed E-state index contributed by atoms with van der Waals surface area (Å²) in [6.07, 6.45) is 1.70. The lowest BCUT2D eigenvalue weighted by Gasteiger charge is -2.04. The first-order chi connectivity index (χ1) is 5.26. The van der Waals surface area contributed by atoms with Crippen LogP contribution in [0.4, 0.5) is 0 Å². The van der Waals surface area contributed by atoms with E-state index < -0.39 is 0 Å². The maximum absolute atomic E-state index is 4.00. The SMILES string of the molecule is C=C(N=CC)C(=NC)NCC. The Morgan fingerprint density at radius 1 is 1.64 bits per heavy atom. The van der Waals surface area contributed by atoms with Crippen molar-refractivity contribution in [3.05, 3.63) is 12.3 Å². The summed E-state index contributed by atoms with van der Waals surface area (Å²) in [7, 11) is 1.72. The minimum absolute atomic E-state index is 0.678. The monoisotopic (exact) mass is 153 g/mol. The lowest BCUT2D eigenvalue weighted by Crippen LogP contribution is -2.23. The molecule has 0 bridgehead atoms. The second-order valence-corrected chi connectivity index (χ2v) is 1.94. The molecule has 0 heterocycles. The Labute approximate surface area is 67.9 Å². The van der Waals surface area contributed by atoms with Gasteiger partial charge in [0.05, 0.1) is 5.70 Å². The van der Waals surface area contributed by atoms with Crippen molar-refractivity contribution < 1.29 is 0 Å². The van der Waals surface area contributed by atoms with Crippen LogP contribution >= 0.6 is 0 Å². The predicted octanol–water partition coefficient (Wildman–Crippen LogP) is 1.23. The van der Waals surface area contributed by atoms with Gasteiger partial charge in [-0.3, -0.25) is 9.98 Å². The number of hydrogen-bond acceptors (Lipinski definition) is 2. The van der Waals surface area contributed by atoms with Gasteiger partial charge in [0.25, 0.3) is 0 Å². The third-order valence-corrected chi connectivity index (χ3v) is 1.13. The Balaban J connectivity index is 4.16. The normalized spacial score (nSPS) is 12.1. The Bertz CT molecular complexity index is 180. The van der Waals surface area contributed by atoms with Gasteiger partial charge < -0.3 is 5.32 Å². The quantitative estimate of drug-likeness (QED) is 0.480. The fraction of sp³-hybridized carbons (Fsp3) is 0.500. The van der Waals surface area contributed by atoms with Gasteiger partial charge in [-0.15, -0.1) is 0 Å². The number of nitrogens with zero attached hydrogens (tertiary/aromatic N) is 2. The van der Waals surface area contributed by atoms with E-state index in [9.17, 15) is 0 Å². The van der Waals surface area contributed by atoms with Gasteiger partial charge in [0.2, 0.25) is 0 Å². The number of aliphatic imine (C=N–C) groups is 2. The van der Waals surface area contributed by atoms with Crippen molar-refractivity contribution in [3.8, 4) is 0 Å². The van der Waals surface area contributed by atoms with E-state index in [4.69, 9.17) is 0 Å². The molecule has 0 aliphatic rings. The van der Waals surface area contributed by atoms with E-state index in [0.717, 1.165) is 12.4 Å². The number of rotatable bonds is 3. The highest BCUT2D eigenvalue weighted by molar-refractivity contribution is 5.98. The molecule has 0 aromatic heterocycles. The molecule has 0 aromatic rings. The summed E-state index contributed by atoms with van der Waals surface area (Å²) < 4.78 is 0. The van der Waals surface area contributed by atoms with Crippen LogP contribution in [0.15, 0.2) is 22.3 Å². The van der Waals surface area contributed by atoms with E-state index in [0.29, 0.717) is 5.70 Å². The second kappa shape index (κ2) is 5.65. The van der Waals surface area contributed by atoms with Crippen LogP contribution in [0.1, 0.15) is 13.8 Å². The molecule has 0 amide bonds. The van der Waals surface area contributed by atoms with E-state index in [-0.39, 0.29) is 0 Å². The van der Waals surface area contributed by atoms with E-state index in [1.807, 2.05) is 13.8 Å². The van der Waals surface area contributed by atoms with Gasteiger partial charge in [-0.2, -0.15) is 0 Å². The summed E-state index contributed by atoms with van der Waals surface area (Å²) in [5.74, 6) is 0.755. The minimum atomic E-state index is 0.678. The third-order valence-electron chi connectivity index (χ3n) is 1.13. The molecule has 0 atom stereocenters. The molecule has 0 unspecified atom stereocenters. The number of hydrogen-bond donors (Lipinski definition) is 1. The van der Waals surface area contributed by atoms with Gasteiger partial charge in [-0.1, -0.05) is 6.58 Å². The largest absolute Gasteiger partial charge is 0.369 e. The fourth-order valence-electron chi connectivity index (χ4n) is 0.695. The predicted molar refractivity (Wildman–Crippen MR) is 50.3 cm³/mol. The Kier molecular flexibility index (Phi) is 5.07. The Morgan fingerprint density at radius 2 is 2.27 bits per heavy atom. The number of amidine groups is 1. The van der Waals surface area contributed by atoms with Crippen molar-refractivity contribution in [2.24, 2.45) is 9.98 Å². The minimum Gasteiger partial charge on any atom is -0.369 e. The smallest absolute Gasteiger partial charge is 0.146 e. The highest BCUT2D eigenvalue weighted by Crippen LogP contribution is 1.92. The van der Waals surface area contributed by atoms with Gasteiger partial charge in [-0.25, -0.2) is 0 Å². The Morgan fingerprint density at radius 3 is 2.64 bits per heavy atom. The first-order valence-corrected chi connectivity index (χ1v) is 3.64. The van der Waals surface area contributed by atoms with Crippen molar-refractivity contribution >= 4 is 12.1 Å². The lowest BCUT2D eigenvalue weighted by atomic mass is 10.4. The molecule has 1 N–H and O–H groups in total. The highest BCUT2D eigenvalue weighted by Gasteiger charge is 1.97. The molecule has 0 aliphatic carbocycles. The van der Waals surface area contributed by atoms with Crippen molar-refractivity contribution in [3.63, 3.8) is 0 Å². The molecule has 3 heteroatoms. The van der Waals surface area contributed by atoms with Crippen LogP contribution < -0.4 is 5.32 Å². The van der Waals surface area contributed by atoms with Gasteiger partial charge in [0.1, 0.15) is 5.84 Å². The summed E-state index contributed by atoms with van der Waals surface area (Å²) in [5, 5.41) is 3.05. The van der Waals surface area contributed by atoms with Crippen LogP contribution in [0, 0.1) is 0 Å². The molecule has 0 aromatic carbocycles. The van der Waals surface area contributed by atoms with Gasteiger partial charge in [0.15, 0.2) is 0 Å². The molecule has 0 aliphatic heterocycles. The van der Waals surface area contributed by atoms with Crippen LogP contribution in [-0.4, -0.2) is 25.6 Å². The van der Waals surface area contributed by atoms with Crippen LogP contribution in [0.5, 0.6) is 0 Å². The van der Waals surface area contributed by atoms with Gasteiger partial charge in [-0.05, 0) is 13.8 Å². The van der Waals surface area contributed by atoms with Gasteiger partial charge >= 0.3 is 0 Å². The highest BCUT2D eigenvalue weighted by atomic mass is 15.0. The van der Waals surface area contributed by atoms with Crippen LogP contribution in [0.25, 0.3) is 0 Å². The molecular weight excluding hydrogens is 138 g/mol. The van der Waals surface area contributed by atoms with Crippen LogP contribution in [0.2, 0.25) is 0 Å². The molecule has 0 saturated heterocycles. The summed E-state index contributed by atoms with van der Waals surface area (Å²) in [4.78, 5) is 7.99. The number of likely N-dealkylation sites (N-methyl/N-ethyl adjacent to an activating group) is 1. The first-order valence-electron chi connectivity index (χ1n) is 3.64. The van der Waals surface area contributed by atoms with Gasteiger partial charge in [0, 0.05) is 19.8 Å². The van der Waals surface area contributed by atoms with Crippen LogP contribution in [0.3, 0.4) is 0 Å². The maximum atomic E-state index is 4.00. The average molecular weight is 153 g/mol. The summed E-state index contributed by atoms with van der Waals surface area (Å²) in [5.41, 5.74) is 0.678. The van der Waals surface area contributed by atoms with Crippen molar-refractivity contribution in [2.45, 2.75) is 13.8 Å². The summed E-state index contributed by atoms with van der Waals surface area (Å²) in [6, 6.07) is 0. The zero-order valence-electron chi connectivity index (χ0n) is 7.39. The molecular formula is C8H15N3. The number of nitrogens with one attached hydrogen (secondary N) is 1. The summed E-state index contributed by atoms with van der Waals surface area (Å²) in [6.45, 7) is 8.44. The fourth-order valence-corrected chi connectivity index (χ4v) is 0.695. The first kappa shape index (κ1) is 9.88. The lowest BCUT2D eigenvalue weighted by molar-refractivity contribution is 0.957. The van der Waals surface area contributed by atoms with E-state index in [1.165, 1.54) is 0 Å². The maximum Gasteiger partial charge on any atom is 0.146 e. The summed E-state index contributed by atoms with van der Waals surface area (Å²) >= 11 is 0. The zero-order valence-corrected chi connectivity index (χ0v) is 7.39. The molecule has 0 spiro atoms. The molecule has 0 radical (unpaired) electrons. The topological polar surface area (TPSA) is 36.8 Å². The molecule has 0 rings (SSSR count). The average Bonchev–Trinajstić information content (AvgIpc) is 2.00. The van der Waals surface area contributed by atoms with E-state index in [1.54, 1.807) is 13.3 Å². The Hall–Kier alpha value is -1.12. The molecule has 11 heavy (non-hydrogen) atoms. The molecule has 0 fully saturated rings.